The van der Waals surface area contributed by atoms with E-state index < -0.39 is 53.9 Å². The lowest BCUT2D eigenvalue weighted by atomic mass is 9.97. The number of hydrogen-bond donors (Lipinski definition) is 4. The van der Waals surface area contributed by atoms with Crippen LogP contribution in [-0.4, -0.2) is 115 Å². The Morgan fingerprint density at radius 3 is 2.30 bits per heavy atom. The number of benzene rings is 4. The Hall–Kier alpha value is -6.75. The number of anilines is 4. The molecule has 1 aromatic heterocycles. The second kappa shape index (κ2) is 16.4. The molecule has 9 rings (SSSR count). The number of carbonyl (C=O) groups is 5. The summed E-state index contributed by atoms with van der Waals surface area (Å²) in [5.41, 5.74) is 4.98. The van der Waals surface area contributed by atoms with Crippen LogP contribution in [0, 0.1) is 17.6 Å². The van der Waals surface area contributed by atoms with Gasteiger partial charge in [-0.05, 0) is 84.6 Å². The van der Waals surface area contributed by atoms with Crippen molar-refractivity contribution in [3.8, 4) is 0 Å². The van der Waals surface area contributed by atoms with Crippen LogP contribution in [0.3, 0.4) is 0 Å². The molecule has 4 aliphatic rings. The van der Waals surface area contributed by atoms with Gasteiger partial charge in [-0.3, -0.25) is 44.2 Å². The van der Waals surface area contributed by atoms with Crippen molar-refractivity contribution >= 4 is 63.3 Å². The summed E-state index contributed by atoms with van der Waals surface area (Å²) in [6.45, 7) is 5.00. The van der Waals surface area contributed by atoms with E-state index in [0.717, 1.165) is 73.7 Å². The average Bonchev–Trinajstić information content (AvgIpc) is 3.73. The number of amides is 5. The largest absolute Gasteiger partial charge is 0.382 e. The molecule has 0 saturated carbocycles. The molecule has 1 atom stereocenters. The van der Waals surface area contributed by atoms with E-state index >= 15 is 0 Å². The Morgan fingerprint density at radius 2 is 1.54 bits per heavy atom. The Bertz CT molecular complexity index is 2570. The van der Waals surface area contributed by atoms with Crippen molar-refractivity contribution in [3.63, 3.8) is 0 Å². The summed E-state index contributed by atoms with van der Waals surface area (Å²) in [5.74, 6) is -3.15. The molecular formula is C44H42F3N9O5. The maximum Gasteiger partial charge on any atom is 0.262 e. The van der Waals surface area contributed by atoms with Crippen LogP contribution in [0.1, 0.15) is 55.0 Å². The smallest absolute Gasteiger partial charge is 0.262 e. The quantitative estimate of drug-likeness (QED) is 0.130. The van der Waals surface area contributed by atoms with Gasteiger partial charge in [-0.25, -0.2) is 13.2 Å². The van der Waals surface area contributed by atoms with Crippen LogP contribution in [0.15, 0.2) is 72.8 Å². The SMILES string of the molecule is O=C1CCC(N2C(=O)c3ccc(N4CC(CN5CCN(c6ccc(C(=O)Nc7n[nH]c8ccc(Cc9cc(F)cc(F)c9)cc78)c(NCCF)c6)CC5)C4)cc3C2=O)C(=O)N1. The van der Waals surface area contributed by atoms with Gasteiger partial charge in [-0.15, -0.1) is 0 Å². The number of piperazine rings is 1. The summed E-state index contributed by atoms with van der Waals surface area (Å²) in [7, 11) is 0. The minimum atomic E-state index is -1.00. The molecule has 4 N–H and O–H groups in total. The number of hydrogen-bond acceptors (Lipinski definition) is 10. The zero-order chi connectivity index (χ0) is 42.4. The number of nitrogens with zero attached hydrogens (tertiary/aromatic N) is 5. The molecule has 0 aliphatic carbocycles. The van der Waals surface area contributed by atoms with Gasteiger partial charge in [0.15, 0.2) is 5.82 Å². The first-order valence-electron chi connectivity index (χ1n) is 20.3. The summed E-state index contributed by atoms with van der Waals surface area (Å²) < 4.78 is 41.0. The van der Waals surface area contributed by atoms with Gasteiger partial charge >= 0.3 is 0 Å². The maximum atomic E-state index is 13.8. The zero-order valence-corrected chi connectivity index (χ0v) is 33.0. The van der Waals surface area contributed by atoms with E-state index in [0.29, 0.717) is 33.6 Å². The normalized spacial score (nSPS) is 18.4. The maximum absolute atomic E-state index is 13.8. The number of halogens is 3. The molecule has 0 spiro atoms. The second-order valence-electron chi connectivity index (χ2n) is 15.9. The first kappa shape index (κ1) is 39.7. The molecule has 5 aromatic rings. The molecule has 3 saturated heterocycles. The van der Waals surface area contributed by atoms with Crippen LogP contribution in [0.4, 0.5) is 36.1 Å². The topological polar surface area (TPSA) is 163 Å². The number of alkyl halides is 1. The van der Waals surface area contributed by atoms with Gasteiger partial charge in [0.05, 0.1) is 22.2 Å². The zero-order valence-electron chi connectivity index (χ0n) is 33.0. The highest BCUT2D eigenvalue weighted by Crippen LogP contribution is 2.34. The second-order valence-corrected chi connectivity index (χ2v) is 15.9. The Labute approximate surface area is 348 Å². The van der Waals surface area contributed by atoms with Crippen molar-refractivity contribution in [1.29, 1.82) is 0 Å². The molecule has 5 heterocycles. The predicted molar refractivity (Wildman–Crippen MR) is 222 cm³/mol. The number of H-pyrrole nitrogens is 1. The fourth-order valence-corrected chi connectivity index (χ4v) is 8.75. The summed E-state index contributed by atoms with van der Waals surface area (Å²) in [6, 6.07) is 18.5. The van der Waals surface area contributed by atoms with Crippen molar-refractivity contribution in [2.45, 2.75) is 25.3 Å². The van der Waals surface area contributed by atoms with E-state index in [1.807, 2.05) is 30.3 Å². The van der Waals surface area contributed by atoms with Crippen LogP contribution in [0.2, 0.25) is 0 Å². The van der Waals surface area contributed by atoms with Gasteiger partial charge in [0.1, 0.15) is 24.4 Å². The first-order chi connectivity index (χ1) is 29.5. The van der Waals surface area contributed by atoms with Crippen molar-refractivity contribution in [2.75, 3.05) is 79.5 Å². The van der Waals surface area contributed by atoms with Gasteiger partial charge in [0, 0.05) is 93.2 Å². The number of fused-ring (bicyclic) bond motifs is 2. The molecule has 0 radical (unpaired) electrons. The average molecular weight is 834 g/mol. The van der Waals surface area contributed by atoms with Gasteiger partial charge in [0.2, 0.25) is 11.8 Å². The molecule has 17 heteroatoms. The van der Waals surface area contributed by atoms with E-state index in [2.05, 4.69) is 40.8 Å². The molecule has 0 bridgehead atoms. The van der Waals surface area contributed by atoms with Crippen LogP contribution in [0.25, 0.3) is 10.9 Å². The number of imide groups is 2. The summed E-state index contributed by atoms with van der Waals surface area (Å²) in [5, 5.41) is 16.0. The summed E-state index contributed by atoms with van der Waals surface area (Å²) in [4.78, 5) is 71.9. The number of carbonyl (C=O) groups excluding carboxylic acids is 5. The Morgan fingerprint density at radius 1 is 0.803 bits per heavy atom. The van der Waals surface area contributed by atoms with Crippen molar-refractivity contribution in [1.82, 2.24) is 25.3 Å². The van der Waals surface area contributed by atoms with E-state index in [-0.39, 0.29) is 42.8 Å². The lowest BCUT2D eigenvalue weighted by molar-refractivity contribution is -0.136. The molecule has 314 valence electrons. The standard InChI is InChI=1S/C44H42F3N9O5/c45-9-10-48-37-21-31(3-5-33(37)41(58)50-40-35-18-25(1-6-36(35)51-52-40)15-26-16-28(46)19-29(47)17-26)54-13-11-53(12-14-54)22-27-23-55(24-27)30-2-4-32-34(20-30)44(61)56(43(32)60)38-7-8-39(57)49-42(38)59/h1-6,16-21,27,38,48H,7-15,22-24H2,(H,49,57,59)(H2,50,51,52,58). The van der Waals surface area contributed by atoms with E-state index in [1.165, 1.54) is 12.1 Å². The van der Waals surface area contributed by atoms with Crippen LogP contribution >= 0.6 is 0 Å². The number of aromatic nitrogens is 2. The van der Waals surface area contributed by atoms with Crippen LogP contribution < -0.4 is 25.8 Å². The third-order valence-electron chi connectivity index (χ3n) is 11.8. The molecule has 61 heavy (non-hydrogen) atoms. The van der Waals surface area contributed by atoms with E-state index in [9.17, 15) is 37.1 Å². The molecule has 3 fully saturated rings. The first-order valence-corrected chi connectivity index (χ1v) is 20.3. The summed E-state index contributed by atoms with van der Waals surface area (Å²) in [6.07, 6.45) is 0.450. The number of rotatable bonds is 12. The highest BCUT2D eigenvalue weighted by Gasteiger charge is 2.45. The third kappa shape index (κ3) is 8.00. The lowest BCUT2D eigenvalue weighted by Gasteiger charge is -2.45. The lowest BCUT2D eigenvalue weighted by Crippen LogP contribution is -2.55. The molecule has 1 unspecified atom stereocenters. The predicted octanol–water partition coefficient (Wildman–Crippen LogP) is 4.73. The highest BCUT2D eigenvalue weighted by atomic mass is 19.1. The molecule has 5 amide bonds. The van der Waals surface area contributed by atoms with Crippen molar-refractivity contribution < 1.29 is 37.1 Å². The minimum absolute atomic E-state index is 0.0198. The van der Waals surface area contributed by atoms with Crippen LogP contribution in [-0.2, 0) is 16.0 Å². The van der Waals surface area contributed by atoms with E-state index in [1.54, 1.807) is 24.3 Å². The fourth-order valence-electron chi connectivity index (χ4n) is 8.75. The summed E-state index contributed by atoms with van der Waals surface area (Å²) >= 11 is 0. The number of aromatic amines is 1. The van der Waals surface area contributed by atoms with Gasteiger partial charge in [-0.1, -0.05) is 6.07 Å². The van der Waals surface area contributed by atoms with Gasteiger partial charge in [0.25, 0.3) is 17.7 Å². The number of nitrogens with one attached hydrogen (secondary N) is 4. The monoisotopic (exact) mass is 833 g/mol. The molecule has 14 nitrogen and oxygen atoms in total. The number of piperidine rings is 1. The van der Waals surface area contributed by atoms with Crippen LogP contribution in [0.5, 0.6) is 0 Å². The molecular weight excluding hydrogens is 792 g/mol. The Kier molecular flexibility index (Phi) is 10.7. The van der Waals surface area contributed by atoms with Crippen molar-refractivity contribution in [2.24, 2.45) is 5.92 Å². The molecule has 4 aliphatic heterocycles. The fraction of sp³-hybridized carbons (Fsp3) is 0.318. The van der Waals surface area contributed by atoms with Gasteiger partial charge < -0.3 is 20.4 Å². The van der Waals surface area contributed by atoms with Gasteiger partial charge in [-0.2, -0.15) is 5.10 Å². The highest BCUT2D eigenvalue weighted by molar-refractivity contribution is 6.23. The van der Waals surface area contributed by atoms with E-state index in [4.69, 9.17) is 0 Å². The Balaban J connectivity index is 0.794. The van der Waals surface area contributed by atoms with Crippen molar-refractivity contribution in [3.05, 3.63) is 112 Å². The molecule has 4 aromatic carbocycles. The third-order valence-corrected chi connectivity index (χ3v) is 11.8. The minimum Gasteiger partial charge on any atom is -0.382 e.